The number of unbranched alkanes of at least 4 members (excludes halogenated alkanes) is 2. The van der Waals surface area contributed by atoms with Crippen molar-refractivity contribution in [3.05, 3.63) is 23.8 Å². The van der Waals surface area contributed by atoms with E-state index < -0.39 is 0 Å². The number of likely N-dealkylation sites (tertiary alicyclic amines) is 1. The molecule has 0 radical (unpaired) electrons. The van der Waals surface area contributed by atoms with Crippen molar-refractivity contribution in [2.24, 2.45) is 0 Å². The van der Waals surface area contributed by atoms with Crippen LogP contribution in [0.15, 0.2) is 18.2 Å². The average molecular weight is 366 g/mol. The first-order valence-corrected chi connectivity index (χ1v) is 9.84. The van der Waals surface area contributed by atoms with E-state index in [1.165, 1.54) is 24.8 Å². The highest BCUT2D eigenvalue weighted by atomic mass is 16.5. The average Bonchev–Trinajstić information content (AvgIpc) is 3.10. The van der Waals surface area contributed by atoms with E-state index in [0.29, 0.717) is 6.04 Å². The lowest BCUT2D eigenvalue weighted by molar-refractivity contribution is 0.131. The van der Waals surface area contributed by atoms with Gasteiger partial charge in [-0.3, -0.25) is 4.90 Å². The predicted octanol–water partition coefficient (Wildman–Crippen LogP) is 3.28. The number of β-amino-alcohol motifs (C(OH)–C–C–N with tert-alkyl or cyclic N) is 1. The second-order valence-electron chi connectivity index (χ2n) is 7.19. The van der Waals surface area contributed by atoms with Gasteiger partial charge in [0.15, 0.2) is 11.5 Å². The minimum atomic E-state index is -0.114. The van der Waals surface area contributed by atoms with Crippen LogP contribution in [0.3, 0.4) is 0 Å². The van der Waals surface area contributed by atoms with Crippen LogP contribution in [0.2, 0.25) is 0 Å². The maximum Gasteiger partial charge on any atom is 0.160 e. The van der Waals surface area contributed by atoms with Crippen molar-refractivity contribution < 1.29 is 19.3 Å². The number of aliphatic hydroxyl groups excluding tert-OH is 1. The van der Waals surface area contributed by atoms with Crippen LogP contribution in [0.5, 0.6) is 11.5 Å². The third-order valence-corrected chi connectivity index (χ3v) is 5.21. The molecule has 0 bridgehead atoms. The number of hydrogen-bond acceptors (Lipinski definition) is 5. The van der Waals surface area contributed by atoms with Crippen LogP contribution >= 0.6 is 0 Å². The Morgan fingerprint density at radius 2 is 1.92 bits per heavy atom. The fourth-order valence-electron chi connectivity index (χ4n) is 3.50. The van der Waals surface area contributed by atoms with Crippen molar-refractivity contribution in [3.8, 4) is 11.5 Å². The van der Waals surface area contributed by atoms with Gasteiger partial charge in [0.1, 0.15) is 0 Å². The molecule has 1 fully saturated rings. The molecule has 1 N–H and O–H groups in total. The number of ether oxygens (including phenoxy) is 3. The fourth-order valence-corrected chi connectivity index (χ4v) is 3.50. The van der Waals surface area contributed by atoms with Gasteiger partial charge >= 0.3 is 0 Å². The smallest absolute Gasteiger partial charge is 0.160 e. The van der Waals surface area contributed by atoms with Crippen LogP contribution in [0.1, 0.15) is 44.6 Å². The van der Waals surface area contributed by atoms with Crippen molar-refractivity contribution in [1.82, 2.24) is 4.90 Å². The predicted molar refractivity (Wildman–Crippen MR) is 104 cm³/mol. The number of rotatable bonds is 12. The first kappa shape index (κ1) is 21.0. The molecule has 5 nitrogen and oxygen atoms in total. The number of benzene rings is 1. The highest BCUT2D eigenvalue weighted by Gasteiger charge is 2.23. The van der Waals surface area contributed by atoms with Gasteiger partial charge in [-0.1, -0.05) is 18.9 Å². The number of methoxy groups -OCH3 is 2. The van der Waals surface area contributed by atoms with Gasteiger partial charge in [0.2, 0.25) is 0 Å². The molecule has 1 aromatic carbocycles. The van der Waals surface area contributed by atoms with E-state index in [0.717, 1.165) is 57.1 Å². The summed E-state index contributed by atoms with van der Waals surface area (Å²) >= 11 is 0. The molecule has 0 saturated carbocycles. The molecule has 148 valence electrons. The monoisotopic (exact) mass is 365 g/mol. The molecule has 1 aliphatic rings. The topological polar surface area (TPSA) is 51.2 Å². The number of aliphatic hydroxyl groups is 1. The zero-order valence-corrected chi connectivity index (χ0v) is 16.6. The Balaban J connectivity index is 1.50. The van der Waals surface area contributed by atoms with E-state index in [4.69, 9.17) is 14.2 Å². The standard InChI is InChI=1S/C21H35NO4/c1-17(22-12-10-19(23)16-22)7-5-4-6-13-26-14-11-18-8-9-20(24-2)21(15-18)25-3/h8-9,15,17,19,23H,4-7,10-14,16H2,1-3H3. The van der Waals surface area contributed by atoms with Gasteiger partial charge in [-0.25, -0.2) is 0 Å². The molecule has 0 spiro atoms. The Kier molecular flexibility index (Phi) is 9.23. The van der Waals surface area contributed by atoms with E-state index in [1.54, 1.807) is 14.2 Å². The Morgan fingerprint density at radius 3 is 2.62 bits per heavy atom. The molecule has 2 unspecified atom stereocenters. The second kappa shape index (κ2) is 11.4. The normalized spacial score (nSPS) is 18.8. The molecular weight excluding hydrogens is 330 g/mol. The summed E-state index contributed by atoms with van der Waals surface area (Å²) in [5.74, 6) is 1.53. The summed E-state index contributed by atoms with van der Waals surface area (Å²) in [4.78, 5) is 2.41. The maximum absolute atomic E-state index is 9.61. The largest absolute Gasteiger partial charge is 0.493 e. The lowest BCUT2D eigenvalue weighted by Gasteiger charge is -2.23. The van der Waals surface area contributed by atoms with Crippen LogP contribution in [-0.2, 0) is 11.2 Å². The van der Waals surface area contributed by atoms with Gasteiger partial charge in [-0.2, -0.15) is 0 Å². The third-order valence-electron chi connectivity index (χ3n) is 5.21. The van der Waals surface area contributed by atoms with Crippen molar-refractivity contribution in [1.29, 1.82) is 0 Å². The van der Waals surface area contributed by atoms with Crippen LogP contribution in [0.25, 0.3) is 0 Å². The molecule has 5 heteroatoms. The van der Waals surface area contributed by atoms with Gasteiger partial charge in [0.05, 0.1) is 26.9 Å². The first-order valence-electron chi connectivity index (χ1n) is 9.84. The maximum atomic E-state index is 9.61. The molecule has 26 heavy (non-hydrogen) atoms. The highest BCUT2D eigenvalue weighted by molar-refractivity contribution is 5.42. The number of hydrogen-bond donors (Lipinski definition) is 1. The van der Waals surface area contributed by atoms with Crippen molar-refractivity contribution in [2.75, 3.05) is 40.5 Å². The molecule has 2 rings (SSSR count). The summed E-state index contributed by atoms with van der Waals surface area (Å²) in [7, 11) is 3.31. The first-order chi connectivity index (χ1) is 12.6. The molecule has 0 aromatic heterocycles. The molecule has 0 amide bonds. The van der Waals surface area contributed by atoms with Crippen molar-refractivity contribution in [2.45, 2.75) is 57.6 Å². The minimum Gasteiger partial charge on any atom is -0.493 e. The van der Waals surface area contributed by atoms with Crippen molar-refractivity contribution >= 4 is 0 Å². The van der Waals surface area contributed by atoms with E-state index in [2.05, 4.69) is 17.9 Å². The summed E-state index contributed by atoms with van der Waals surface area (Å²) in [5, 5.41) is 9.61. The summed E-state index contributed by atoms with van der Waals surface area (Å²) in [6, 6.07) is 6.59. The molecule has 1 saturated heterocycles. The molecule has 1 aromatic rings. The number of nitrogens with zero attached hydrogens (tertiary/aromatic N) is 1. The lowest BCUT2D eigenvalue weighted by atomic mass is 10.1. The SMILES string of the molecule is COc1ccc(CCOCCCCCC(C)N2CCC(O)C2)cc1OC. The van der Waals surface area contributed by atoms with Crippen LogP contribution < -0.4 is 9.47 Å². The van der Waals surface area contributed by atoms with Crippen LogP contribution in [-0.4, -0.2) is 62.7 Å². The Hall–Kier alpha value is -1.30. The summed E-state index contributed by atoms with van der Waals surface area (Å²) in [6.07, 6.45) is 6.45. The summed E-state index contributed by atoms with van der Waals surface area (Å²) in [6.45, 7) is 5.72. The van der Waals surface area contributed by atoms with Gasteiger partial charge in [-0.15, -0.1) is 0 Å². The highest BCUT2D eigenvalue weighted by Crippen LogP contribution is 2.27. The van der Waals surface area contributed by atoms with E-state index in [1.807, 2.05) is 12.1 Å². The Morgan fingerprint density at radius 1 is 1.12 bits per heavy atom. The minimum absolute atomic E-state index is 0.114. The Labute approximate surface area is 158 Å². The zero-order valence-electron chi connectivity index (χ0n) is 16.6. The quantitative estimate of drug-likeness (QED) is 0.576. The molecule has 1 aliphatic heterocycles. The van der Waals surface area contributed by atoms with Gasteiger partial charge in [0, 0.05) is 25.7 Å². The lowest BCUT2D eigenvalue weighted by Crippen LogP contribution is -2.31. The van der Waals surface area contributed by atoms with Gasteiger partial charge < -0.3 is 19.3 Å². The summed E-state index contributed by atoms with van der Waals surface area (Å²) in [5.41, 5.74) is 1.20. The summed E-state index contributed by atoms with van der Waals surface area (Å²) < 4.78 is 16.4. The fraction of sp³-hybridized carbons (Fsp3) is 0.714. The molecule has 1 heterocycles. The molecule has 0 aliphatic carbocycles. The van der Waals surface area contributed by atoms with Crippen molar-refractivity contribution in [3.63, 3.8) is 0 Å². The Bertz CT molecular complexity index is 523. The van der Waals surface area contributed by atoms with Gasteiger partial charge in [0.25, 0.3) is 0 Å². The van der Waals surface area contributed by atoms with E-state index in [-0.39, 0.29) is 6.10 Å². The molecular formula is C21H35NO4. The van der Waals surface area contributed by atoms with E-state index in [9.17, 15) is 5.11 Å². The zero-order chi connectivity index (χ0) is 18.8. The molecule has 2 atom stereocenters. The third kappa shape index (κ3) is 6.78. The second-order valence-corrected chi connectivity index (χ2v) is 7.19. The van der Waals surface area contributed by atoms with E-state index >= 15 is 0 Å². The van der Waals surface area contributed by atoms with Crippen LogP contribution in [0.4, 0.5) is 0 Å². The van der Waals surface area contributed by atoms with Crippen LogP contribution in [0, 0.1) is 0 Å². The van der Waals surface area contributed by atoms with Gasteiger partial charge in [-0.05, 0) is 50.3 Å².